The van der Waals surface area contributed by atoms with Crippen molar-refractivity contribution in [2.24, 2.45) is 5.41 Å². The number of carboxylic acids is 1. The number of aliphatic hydroxyl groups is 1. The molecule has 13 heteroatoms. The van der Waals surface area contributed by atoms with Crippen LogP contribution in [0.25, 0.3) is 0 Å². The summed E-state index contributed by atoms with van der Waals surface area (Å²) in [6, 6.07) is 15.9. The third kappa shape index (κ3) is 8.61. The second-order valence-corrected chi connectivity index (χ2v) is 12.6. The van der Waals surface area contributed by atoms with E-state index >= 15 is 0 Å². The first-order valence-electron chi connectivity index (χ1n) is 15.0. The van der Waals surface area contributed by atoms with Gasteiger partial charge in [0, 0.05) is 12.8 Å². The molecule has 4 atom stereocenters. The normalized spacial score (nSPS) is 17.7. The van der Waals surface area contributed by atoms with Gasteiger partial charge in [-0.2, -0.15) is 0 Å². The van der Waals surface area contributed by atoms with Crippen LogP contribution in [0.1, 0.15) is 45.4 Å². The van der Waals surface area contributed by atoms with Crippen LogP contribution in [0.4, 0.5) is 14.5 Å². The van der Waals surface area contributed by atoms with E-state index in [-0.39, 0.29) is 18.6 Å². The van der Waals surface area contributed by atoms with Crippen LogP contribution in [0, 0.1) is 17.0 Å². The summed E-state index contributed by atoms with van der Waals surface area (Å²) >= 11 is 1.25. The molecule has 3 aromatic carbocycles. The van der Waals surface area contributed by atoms with Crippen molar-refractivity contribution in [3.05, 3.63) is 95.6 Å². The van der Waals surface area contributed by atoms with Gasteiger partial charge in [0.25, 0.3) is 5.91 Å². The molecule has 4 rings (SSSR count). The first-order chi connectivity index (χ1) is 22.3. The summed E-state index contributed by atoms with van der Waals surface area (Å²) in [6.07, 6.45) is -0.935. The topological polar surface area (TPSA) is 145 Å². The number of anilines is 1. The number of hydrogen-bond acceptors (Lipinski definition) is 7. The van der Waals surface area contributed by atoms with Crippen molar-refractivity contribution in [1.29, 1.82) is 0 Å². The molecule has 1 heterocycles. The molecule has 0 radical (unpaired) electrons. The molecule has 1 saturated heterocycles. The molecule has 0 spiro atoms. The molecule has 3 amide bonds. The fourth-order valence-corrected chi connectivity index (χ4v) is 6.06. The zero-order chi connectivity index (χ0) is 34.3. The summed E-state index contributed by atoms with van der Waals surface area (Å²) in [4.78, 5) is 50.9. The molecule has 0 aromatic heterocycles. The Hall–Kier alpha value is -4.49. The van der Waals surface area contributed by atoms with Gasteiger partial charge in [-0.3, -0.25) is 14.4 Å². The van der Waals surface area contributed by atoms with E-state index in [9.17, 15) is 38.2 Å². The smallest absolute Gasteiger partial charge is 0.326 e. The van der Waals surface area contributed by atoms with Crippen molar-refractivity contribution in [2.75, 3.05) is 23.8 Å². The quantitative estimate of drug-likeness (QED) is 0.202. The summed E-state index contributed by atoms with van der Waals surface area (Å²) < 4.78 is 40.0. The van der Waals surface area contributed by atoms with E-state index in [1.54, 1.807) is 38.1 Å². The SMILES string of the molecule is [2H]CC(C)(C)[C@H](NC(=O)CNC(=O)COc1ccc([C@@H]2[C@@H](SC[C@H](O)c3ccc(F)cc3)C(=O)N2c2ccc(F)cc2)cc1)C(=O)O. The lowest BCUT2D eigenvalue weighted by Gasteiger charge is -2.47. The van der Waals surface area contributed by atoms with Gasteiger partial charge in [-0.25, -0.2) is 13.6 Å². The highest BCUT2D eigenvalue weighted by atomic mass is 32.2. The average molecular weight is 657 g/mol. The van der Waals surface area contributed by atoms with Gasteiger partial charge in [0.05, 0.1) is 18.7 Å². The van der Waals surface area contributed by atoms with E-state index in [1.807, 2.05) is 0 Å². The summed E-state index contributed by atoms with van der Waals surface area (Å²) in [5.41, 5.74) is 0.713. The summed E-state index contributed by atoms with van der Waals surface area (Å²) in [7, 11) is 0. The largest absolute Gasteiger partial charge is 0.484 e. The number of thioether (sulfide) groups is 1. The van der Waals surface area contributed by atoms with Crippen LogP contribution in [0.2, 0.25) is 0 Å². The Balaban J connectivity index is 1.37. The Kier molecular flexibility index (Phi) is 10.5. The standard InChI is InChI=1S/C33H35F2N3O7S/c1-33(2,3)30(32(43)44)37-26(40)16-36-27(41)17-45-24-14-6-20(7-15-24)28-29(31(42)38(28)23-12-10-22(35)11-13-23)46-18-25(39)19-4-8-21(34)9-5-19/h4-15,25,28-30,39H,16-18H2,1-3H3,(H,36,41)(H,37,40)(H,43,44)/t25-,28+,29+,30+/m0/s1/i1D. The van der Waals surface area contributed by atoms with E-state index in [0.29, 0.717) is 17.0 Å². The lowest BCUT2D eigenvalue weighted by molar-refractivity contribution is -0.144. The highest BCUT2D eigenvalue weighted by Crippen LogP contribution is 2.46. The number of carbonyl (C=O) groups is 4. The van der Waals surface area contributed by atoms with Crippen LogP contribution >= 0.6 is 11.8 Å². The third-order valence-electron chi connectivity index (χ3n) is 7.21. The van der Waals surface area contributed by atoms with Crippen molar-refractivity contribution >= 4 is 41.1 Å². The number of nitrogens with one attached hydrogen (secondary N) is 2. The number of rotatable bonds is 13. The van der Waals surface area contributed by atoms with Crippen molar-refractivity contribution in [3.8, 4) is 5.75 Å². The number of ether oxygens (including phenoxy) is 1. The van der Waals surface area contributed by atoms with E-state index in [2.05, 4.69) is 10.6 Å². The number of nitrogens with zero attached hydrogens (tertiary/aromatic N) is 1. The number of amides is 3. The number of β-lactam (4-membered cyclic amide) rings is 1. The molecular weight excluding hydrogens is 620 g/mol. The third-order valence-corrected chi connectivity index (χ3v) is 8.54. The van der Waals surface area contributed by atoms with Crippen LogP contribution in [0.5, 0.6) is 5.75 Å². The van der Waals surface area contributed by atoms with E-state index < -0.39 is 71.4 Å². The lowest BCUT2D eigenvalue weighted by Crippen LogP contribution is -2.57. The van der Waals surface area contributed by atoms with Gasteiger partial charge in [0.1, 0.15) is 28.7 Å². The Labute approximate surface area is 270 Å². The molecule has 0 saturated carbocycles. The molecule has 1 fully saturated rings. The van der Waals surface area contributed by atoms with Gasteiger partial charge < -0.3 is 30.5 Å². The van der Waals surface area contributed by atoms with E-state index in [4.69, 9.17) is 6.11 Å². The fraction of sp³-hybridized carbons (Fsp3) is 0.333. The highest BCUT2D eigenvalue weighted by molar-refractivity contribution is 8.00. The molecule has 0 bridgehead atoms. The van der Waals surface area contributed by atoms with Crippen LogP contribution in [0.3, 0.4) is 0 Å². The minimum Gasteiger partial charge on any atom is -0.484 e. The zero-order valence-corrected chi connectivity index (χ0v) is 25.9. The number of carboxylic acid groups (broad SMARTS) is 1. The monoisotopic (exact) mass is 656 g/mol. The summed E-state index contributed by atoms with van der Waals surface area (Å²) in [6.45, 7) is 1.93. The average Bonchev–Trinajstić information content (AvgIpc) is 3.05. The first kappa shape index (κ1) is 32.9. The van der Waals surface area contributed by atoms with Gasteiger partial charge in [-0.15, -0.1) is 11.8 Å². The Bertz CT molecular complexity index is 1580. The van der Waals surface area contributed by atoms with Gasteiger partial charge in [0.2, 0.25) is 11.8 Å². The van der Waals surface area contributed by atoms with E-state index in [1.165, 1.54) is 65.2 Å². The number of benzene rings is 3. The maximum absolute atomic E-state index is 13.6. The second kappa shape index (κ2) is 14.7. The van der Waals surface area contributed by atoms with Crippen LogP contribution in [-0.2, 0) is 19.2 Å². The maximum Gasteiger partial charge on any atom is 0.326 e. The molecule has 0 aliphatic carbocycles. The van der Waals surface area contributed by atoms with Gasteiger partial charge in [-0.05, 0) is 65.1 Å². The molecule has 4 N–H and O–H groups in total. The van der Waals surface area contributed by atoms with Crippen LogP contribution < -0.4 is 20.3 Å². The predicted octanol–water partition coefficient (Wildman–Crippen LogP) is 4.00. The van der Waals surface area contributed by atoms with Gasteiger partial charge in [-0.1, -0.05) is 45.0 Å². The van der Waals surface area contributed by atoms with Crippen LogP contribution in [-0.4, -0.2) is 64.1 Å². The predicted molar refractivity (Wildman–Crippen MR) is 168 cm³/mol. The number of carbonyl (C=O) groups excluding carboxylic acids is 3. The van der Waals surface area contributed by atoms with Crippen LogP contribution in [0.15, 0.2) is 72.8 Å². The zero-order valence-electron chi connectivity index (χ0n) is 26.1. The minimum absolute atomic E-state index is 0.170. The van der Waals surface area contributed by atoms with Crippen molar-refractivity contribution in [3.63, 3.8) is 0 Å². The number of aliphatic carboxylic acids is 1. The summed E-state index contributed by atoms with van der Waals surface area (Å²) in [5, 5.41) is 24.1. The summed E-state index contributed by atoms with van der Waals surface area (Å²) in [5.74, 6) is -3.24. The van der Waals surface area contributed by atoms with Gasteiger partial charge in [0.15, 0.2) is 6.61 Å². The lowest BCUT2D eigenvalue weighted by atomic mass is 9.87. The molecule has 10 nitrogen and oxygen atoms in total. The minimum atomic E-state index is -1.30. The molecule has 46 heavy (non-hydrogen) atoms. The molecule has 3 aromatic rings. The maximum atomic E-state index is 13.6. The Morgan fingerprint density at radius 2 is 1.61 bits per heavy atom. The molecule has 0 unspecified atom stereocenters. The van der Waals surface area contributed by atoms with Crippen molar-refractivity contribution in [1.82, 2.24) is 10.6 Å². The number of halogens is 2. The highest BCUT2D eigenvalue weighted by Gasteiger charge is 2.49. The molecular formula is C33H35F2N3O7S. The van der Waals surface area contributed by atoms with Gasteiger partial charge >= 0.3 is 5.97 Å². The first-order valence-corrected chi connectivity index (χ1v) is 15.3. The molecule has 1 aliphatic heterocycles. The fourth-order valence-electron chi connectivity index (χ4n) is 4.76. The molecule has 244 valence electrons. The number of aliphatic hydroxyl groups excluding tert-OH is 1. The van der Waals surface area contributed by atoms with Crippen molar-refractivity contribution in [2.45, 2.75) is 44.2 Å². The Morgan fingerprint density at radius 1 is 1.00 bits per heavy atom. The second-order valence-electron chi connectivity index (χ2n) is 11.4. The van der Waals surface area contributed by atoms with E-state index in [0.717, 1.165) is 5.56 Å². The Morgan fingerprint density at radius 3 is 2.20 bits per heavy atom. The van der Waals surface area contributed by atoms with Crippen molar-refractivity contribution < 1.29 is 44.3 Å². The molecule has 1 aliphatic rings. The number of hydrogen-bond donors (Lipinski definition) is 4.